The van der Waals surface area contributed by atoms with E-state index in [4.69, 9.17) is 10.5 Å². The number of para-hydroxylation sites is 1. The van der Waals surface area contributed by atoms with E-state index in [-0.39, 0.29) is 5.91 Å². The summed E-state index contributed by atoms with van der Waals surface area (Å²) < 4.78 is 5.22. The molecule has 0 fully saturated rings. The first kappa shape index (κ1) is 14.5. The van der Waals surface area contributed by atoms with Gasteiger partial charge in [0.1, 0.15) is 5.75 Å². The van der Waals surface area contributed by atoms with Crippen LogP contribution in [0.4, 0.5) is 0 Å². The average molecular weight is 250 g/mol. The molecule has 0 aliphatic rings. The molecule has 0 radical (unpaired) electrons. The second-order valence-electron chi connectivity index (χ2n) is 4.13. The highest BCUT2D eigenvalue weighted by Crippen LogP contribution is 2.19. The number of nitrogens with two attached hydrogens (primary N) is 1. The maximum atomic E-state index is 12.4. The maximum absolute atomic E-state index is 12.4. The smallest absolute Gasteiger partial charge is 0.257 e. The van der Waals surface area contributed by atoms with Crippen LogP contribution in [0.5, 0.6) is 5.75 Å². The molecule has 4 nitrogen and oxygen atoms in total. The Morgan fingerprint density at radius 3 is 2.67 bits per heavy atom. The standard InChI is InChI=1S/C14H22N2O2/c1-3-4-10-16(11-9-15)14(17)12-7-5-6-8-13(12)18-2/h5-8H,3-4,9-11,15H2,1-2H3. The summed E-state index contributed by atoms with van der Waals surface area (Å²) in [6, 6.07) is 7.29. The summed E-state index contributed by atoms with van der Waals surface area (Å²) in [6.45, 7) is 3.90. The summed E-state index contributed by atoms with van der Waals surface area (Å²) in [5, 5.41) is 0. The van der Waals surface area contributed by atoms with Crippen LogP contribution >= 0.6 is 0 Å². The molecule has 1 amide bonds. The summed E-state index contributed by atoms with van der Waals surface area (Å²) in [7, 11) is 1.57. The van der Waals surface area contributed by atoms with Gasteiger partial charge in [-0.2, -0.15) is 0 Å². The minimum Gasteiger partial charge on any atom is -0.496 e. The zero-order valence-corrected chi connectivity index (χ0v) is 11.2. The lowest BCUT2D eigenvalue weighted by Gasteiger charge is -2.22. The van der Waals surface area contributed by atoms with Gasteiger partial charge in [-0.15, -0.1) is 0 Å². The van der Waals surface area contributed by atoms with Gasteiger partial charge in [0.05, 0.1) is 12.7 Å². The Kier molecular flexibility index (Phi) is 6.22. The highest BCUT2D eigenvalue weighted by molar-refractivity contribution is 5.96. The summed E-state index contributed by atoms with van der Waals surface area (Å²) >= 11 is 0. The predicted octanol–water partition coefficient (Wildman–Crippen LogP) is 1.90. The molecular weight excluding hydrogens is 228 g/mol. The third-order valence-corrected chi connectivity index (χ3v) is 2.81. The van der Waals surface area contributed by atoms with Crippen molar-refractivity contribution < 1.29 is 9.53 Å². The van der Waals surface area contributed by atoms with E-state index >= 15 is 0 Å². The molecule has 4 heteroatoms. The van der Waals surface area contributed by atoms with Crippen LogP contribution in [0.3, 0.4) is 0 Å². The molecule has 1 aromatic carbocycles. The van der Waals surface area contributed by atoms with Crippen LogP contribution in [-0.2, 0) is 0 Å². The summed E-state index contributed by atoms with van der Waals surface area (Å²) in [5.41, 5.74) is 6.16. The zero-order valence-electron chi connectivity index (χ0n) is 11.2. The molecule has 0 atom stereocenters. The number of benzene rings is 1. The molecule has 0 bridgehead atoms. The number of carbonyl (C=O) groups excluding carboxylic acids is 1. The summed E-state index contributed by atoms with van der Waals surface area (Å²) in [6.07, 6.45) is 2.04. The Morgan fingerprint density at radius 2 is 2.06 bits per heavy atom. The molecule has 0 saturated carbocycles. The van der Waals surface area contributed by atoms with Crippen molar-refractivity contribution in [1.82, 2.24) is 4.90 Å². The van der Waals surface area contributed by atoms with Crippen molar-refractivity contribution in [3.63, 3.8) is 0 Å². The van der Waals surface area contributed by atoms with Crippen LogP contribution in [0.1, 0.15) is 30.1 Å². The molecular formula is C14H22N2O2. The van der Waals surface area contributed by atoms with Crippen molar-refractivity contribution in [3.05, 3.63) is 29.8 Å². The Bertz CT molecular complexity index is 380. The first-order valence-corrected chi connectivity index (χ1v) is 6.37. The SMILES string of the molecule is CCCCN(CCN)C(=O)c1ccccc1OC. The number of rotatable bonds is 7. The van der Waals surface area contributed by atoms with Gasteiger partial charge in [0, 0.05) is 19.6 Å². The van der Waals surface area contributed by atoms with Crippen LogP contribution < -0.4 is 10.5 Å². The Hall–Kier alpha value is -1.55. The normalized spacial score (nSPS) is 10.2. The average Bonchev–Trinajstić information content (AvgIpc) is 2.42. The maximum Gasteiger partial charge on any atom is 0.257 e. The fraction of sp³-hybridized carbons (Fsp3) is 0.500. The second kappa shape index (κ2) is 7.71. The fourth-order valence-electron chi connectivity index (χ4n) is 1.81. The molecule has 0 saturated heterocycles. The van der Waals surface area contributed by atoms with Crippen LogP contribution in [0.15, 0.2) is 24.3 Å². The second-order valence-corrected chi connectivity index (χ2v) is 4.13. The van der Waals surface area contributed by atoms with Crippen LogP contribution in [0.25, 0.3) is 0 Å². The minimum absolute atomic E-state index is 0.00801. The quantitative estimate of drug-likeness (QED) is 0.804. The molecule has 0 aliphatic carbocycles. The van der Waals surface area contributed by atoms with E-state index in [0.29, 0.717) is 24.4 Å². The number of ether oxygens (including phenoxy) is 1. The third kappa shape index (κ3) is 3.74. The van der Waals surface area contributed by atoms with E-state index in [1.807, 2.05) is 12.1 Å². The van der Waals surface area contributed by atoms with Gasteiger partial charge >= 0.3 is 0 Å². The van der Waals surface area contributed by atoms with Crippen molar-refractivity contribution >= 4 is 5.91 Å². The molecule has 100 valence electrons. The predicted molar refractivity (Wildman–Crippen MR) is 72.9 cm³/mol. The summed E-state index contributed by atoms with van der Waals surface area (Å²) in [4.78, 5) is 14.2. The molecule has 0 heterocycles. The molecule has 2 N–H and O–H groups in total. The largest absolute Gasteiger partial charge is 0.496 e. The Labute approximate surface area is 109 Å². The van der Waals surface area contributed by atoms with E-state index in [0.717, 1.165) is 19.4 Å². The van der Waals surface area contributed by atoms with E-state index in [1.165, 1.54) is 0 Å². The highest BCUT2D eigenvalue weighted by Gasteiger charge is 2.17. The summed E-state index contributed by atoms with van der Waals surface area (Å²) in [5.74, 6) is 0.604. The Balaban J connectivity index is 2.86. The number of hydrogen-bond acceptors (Lipinski definition) is 3. The van der Waals surface area contributed by atoms with Gasteiger partial charge in [-0.05, 0) is 18.6 Å². The first-order chi connectivity index (χ1) is 8.74. The monoisotopic (exact) mass is 250 g/mol. The number of hydrogen-bond donors (Lipinski definition) is 1. The topological polar surface area (TPSA) is 55.6 Å². The van der Waals surface area contributed by atoms with Crippen LogP contribution in [0.2, 0.25) is 0 Å². The van der Waals surface area contributed by atoms with E-state index in [2.05, 4.69) is 6.92 Å². The number of methoxy groups -OCH3 is 1. The van der Waals surface area contributed by atoms with Gasteiger partial charge < -0.3 is 15.4 Å². The molecule has 18 heavy (non-hydrogen) atoms. The van der Waals surface area contributed by atoms with Gasteiger partial charge in [-0.25, -0.2) is 0 Å². The lowest BCUT2D eigenvalue weighted by Crippen LogP contribution is -2.36. The van der Waals surface area contributed by atoms with E-state index in [1.54, 1.807) is 24.1 Å². The molecule has 0 spiro atoms. The zero-order chi connectivity index (χ0) is 13.4. The van der Waals surface area contributed by atoms with E-state index in [9.17, 15) is 4.79 Å². The first-order valence-electron chi connectivity index (χ1n) is 6.37. The van der Waals surface area contributed by atoms with Gasteiger partial charge in [-0.3, -0.25) is 4.79 Å². The van der Waals surface area contributed by atoms with Crippen molar-refractivity contribution in [1.29, 1.82) is 0 Å². The number of carbonyl (C=O) groups is 1. The van der Waals surface area contributed by atoms with E-state index < -0.39 is 0 Å². The molecule has 0 aromatic heterocycles. The van der Waals surface area contributed by atoms with Crippen molar-refractivity contribution in [2.75, 3.05) is 26.7 Å². The van der Waals surface area contributed by atoms with Crippen molar-refractivity contribution in [2.45, 2.75) is 19.8 Å². The van der Waals surface area contributed by atoms with Crippen molar-refractivity contribution in [3.8, 4) is 5.75 Å². The lowest BCUT2D eigenvalue weighted by atomic mass is 10.1. The van der Waals surface area contributed by atoms with Gasteiger partial charge in [0.2, 0.25) is 0 Å². The van der Waals surface area contributed by atoms with Crippen molar-refractivity contribution in [2.24, 2.45) is 5.73 Å². The molecule has 1 rings (SSSR count). The third-order valence-electron chi connectivity index (χ3n) is 2.81. The molecule has 0 unspecified atom stereocenters. The molecule has 0 aliphatic heterocycles. The number of nitrogens with zero attached hydrogens (tertiary/aromatic N) is 1. The number of amides is 1. The molecule has 1 aromatic rings. The Morgan fingerprint density at radius 1 is 1.33 bits per heavy atom. The fourth-order valence-corrected chi connectivity index (χ4v) is 1.81. The van der Waals surface area contributed by atoms with Gasteiger partial charge in [0.15, 0.2) is 0 Å². The van der Waals surface area contributed by atoms with Crippen LogP contribution in [0, 0.1) is 0 Å². The van der Waals surface area contributed by atoms with Gasteiger partial charge in [0.25, 0.3) is 5.91 Å². The lowest BCUT2D eigenvalue weighted by molar-refractivity contribution is 0.0755. The van der Waals surface area contributed by atoms with Gasteiger partial charge in [-0.1, -0.05) is 25.5 Å². The highest BCUT2D eigenvalue weighted by atomic mass is 16.5. The minimum atomic E-state index is -0.00801. The van der Waals surface area contributed by atoms with Crippen LogP contribution in [-0.4, -0.2) is 37.6 Å². The number of unbranched alkanes of at least 4 members (excludes halogenated alkanes) is 1.